The van der Waals surface area contributed by atoms with Crippen molar-refractivity contribution in [3.63, 3.8) is 0 Å². The van der Waals surface area contributed by atoms with E-state index in [-0.39, 0.29) is 30.6 Å². The van der Waals surface area contributed by atoms with Crippen LogP contribution in [-0.2, 0) is 11.3 Å². The molecule has 5 heteroatoms. The maximum absolute atomic E-state index is 14.2. The summed E-state index contributed by atoms with van der Waals surface area (Å²) in [5, 5.41) is 0. The molecule has 1 aliphatic rings. The minimum atomic E-state index is -0.976. The van der Waals surface area contributed by atoms with Crippen molar-refractivity contribution in [3.05, 3.63) is 59.2 Å². The molecule has 2 aromatic rings. The number of benzene rings is 2. The maximum atomic E-state index is 14.2. The van der Waals surface area contributed by atoms with Crippen molar-refractivity contribution in [1.82, 2.24) is 0 Å². The van der Waals surface area contributed by atoms with Crippen molar-refractivity contribution < 1.29 is 23.0 Å². The monoisotopic (exact) mass is 418 g/mol. The highest BCUT2D eigenvalue weighted by atomic mass is 19.2. The van der Waals surface area contributed by atoms with Crippen LogP contribution in [0, 0.1) is 17.6 Å². The van der Waals surface area contributed by atoms with Gasteiger partial charge in [0.15, 0.2) is 11.6 Å². The first-order valence-electron chi connectivity index (χ1n) is 11.1. The van der Waals surface area contributed by atoms with Crippen LogP contribution in [0.1, 0.15) is 69.6 Å². The van der Waals surface area contributed by atoms with Crippen molar-refractivity contribution in [3.8, 4) is 11.5 Å². The lowest BCUT2D eigenvalue weighted by Gasteiger charge is -2.29. The molecular weight excluding hydrogens is 386 g/mol. The second-order valence-electron chi connectivity index (χ2n) is 7.90. The lowest BCUT2D eigenvalue weighted by Crippen LogP contribution is -2.20. The van der Waals surface area contributed by atoms with E-state index in [1.165, 1.54) is 44.2 Å². The largest absolute Gasteiger partial charge is 0.491 e. The second-order valence-corrected chi connectivity index (χ2v) is 7.90. The number of hydrogen-bond donors (Lipinski definition) is 0. The first kappa shape index (κ1) is 22.5. The quantitative estimate of drug-likeness (QED) is 0.389. The van der Waals surface area contributed by atoms with Gasteiger partial charge in [0.2, 0.25) is 5.82 Å². The molecule has 2 unspecified atom stereocenters. The topological polar surface area (TPSA) is 27.7 Å². The van der Waals surface area contributed by atoms with Gasteiger partial charge in [0.05, 0.1) is 19.3 Å². The third kappa shape index (κ3) is 5.94. The lowest BCUT2D eigenvalue weighted by atomic mass is 9.91. The van der Waals surface area contributed by atoms with E-state index in [1.54, 1.807) is 6.92 Å². The predicted octanol–water partition coefficient (Wildman–Crippen LogP) is 6.99. The molecule has 0 amide bonds. The molecule has 0 saturated carbocycles. The molecule has 0 aliphatic carbocycles. The van der Waals surface area contributed by atoms with Gasteiger partial charge in [0, 0.05) is 5.56 Å². The summed E-state index contributed by atoms with van der Waals surface area (Å²) >= 11 is 0. The Morgan fingerprint density at radius 2 is 1.73 bits per heavy atom. The molecular formula is C25H32F2O3. The standard InChI is InChI=1S/C25H32F2O3/c1-3-5-6-7-18-8-14-22(30-16-18)19-9-12-21(13-10-19)29-17-20-11-15-23(28-4-2)25(27)24(20)26/h9-13,15,18,22H,3-8,14,16-17H2,1-2H3. The third-order valence-electron chi connectivity index (χ3n) is 5.66. The Kier molecular flexibility index (Phi) is 8.50. The summed E-state index contributed by atoms with van der Waals surface area (Å²) in [6.45, 7) is 5.02. The van der Waals surface area contributed by atoms with Crippen LogP contribution in [0.15, 0.2) is 36.4 Å². The van der Waals surface area contributed by atoms with Gasteiger partial charge in [-0.3, -0.25) is 0 Å². The average Bonchev–Trinajstić information content (AvgIpc) is 2.78. The highest BCUT2D eigenvalue weighted by Gasteiger charge is 2.22. The molecule has 2 aromatic carbocycles. The number of halogens is 2. The lowest BCUT2D eigenvalue weighted by molar-refractivity contribution is -0.0199. The molecule has 1 aliphatic heterocycles. The highest BCUT2D eigenvalue weighted by Crippen LogP contribution is 2.33. The molecule has 0 N–H and O–H groups in total. The van der Waals surface area contributed by atoms with E-state index in [9.17, 15) is 8.78 Å². The van der Waals surface area contributed by atoms with Gasteiger partial charge >= 0.3 is 0 Å². The zero-order chi connectivity index (χ0) is 21.3. The summed E-state index contributed by atoms with van der Waals surface area (Å²) in [7, 11) is 0. The summed E-state index contributed by atoms with van der Waals surface area (Å²) in [4.78, 5) is 0. The molecule has 3 rings (SSSR count). The SMILES string of the molecule is CCCCCC1CCC(c2ccc(OCc3ccc(OCC)c(F)c3F)cc2)OC1. The third-order valence-corrected chi connectivity index (χ3v) is 5.66. The van der Waals surface area contributed by atoms with Gasteiger partial charge in [0.1, 0.15) is 12.4 Å². The molecule has 3 nitrogen and oxygen atoms in total. The number of hydrogen-bond acceptors (Lipinski definition) is 3. The van der Waals surface area contributed by atoms with Crippen LogP contribution < -0.4 is 9.47 Å². The summed E-state index contributed by atoms with van der Waals surface area (Å²) in [5.41, 5.74) is 1.29. The summed E-state index contributed by atoms with van der Waals surface area (Å²) in [5.74, 6) is -0.693. The first-order chi connectivity index (χ1) is 14.6. The van der Waals surface area contributed by atoms with Crippen LogP contribution in [0.3, 0.4) is 0 Å². The molecule has 1 fully saturated rings. The highest BCUT2D eigenvalue weighted by molar-refractivity contribution is 5.32. The fourth-order valence-corrected chi connectivity index (χ4v) is 3.87. The van der Waals surface area contributed by atoms with Crippen LogP contribution in [0.4, 0.5) is 8.78 Å². The molecule has 0 spiro atoms. The van der Waals surface area contributed by atoms with E-state index in [2.05, 4.69) is 6.92 Å². The Balaban J connectivity index is 1.50. The Bertz CT molecular complexity index is 784. The predicted molar refractivity (Wildman–Crippen MR) is 114 cm³/mol. The van der Waals surface area contributed by atoms with E-state index >= 15 is 0 Å². The summed E-state index contributed by atoms with van der Waals surface area (Å²) < 4.78 is 45.0. The smallest absolute Gasteiger partial charge is 0.201 e. The van der Waals surface area contributed by atoms with E-state index in [4.69, 9.17) is 14.2 Å². The zero-order valence-corrected chi connectivity index (χ0v) is 18.0. The Labute approximate surface area is 178 Å². The van der Waals surface area contributed by atoms with Crippen molar-refractivity contribution >= 4 is 0 Å². The van der Waals surface area contributed by atoms with Gasteiger partial charge in [-0.05, 0) is 61.9 Å². The molecule has 1 heterocycles. The fraction of sp³-hybridized carbons (Fsp3) is 0.520. The van der Waals surface area contributed by atoms with Crippen molar-refractivity contribution in [2.75, 3.05) is 13.2 Å². The molecule has 30 heavy (non-hydrogen) atoms. The Morgan fingerprint density at radius 3 is 2.40 bits per heavy atom. The molecule has 1 saturated heterocycles. The van der Waals surface area contributed by atoms with Gasteiger partial charge in [-0.1, -0.05) is 38.3 Å². The molecule has 164 valence electrons. The van der Waals surface area contributed by atoms with Gasteiger partial charge in [0.25, 0.3) is 0 Å². The second kappa shape index (κ2) is 11.3. The minimum Gasteiger partial charge on any atom is -0.491 e. The van der Waals surface area contributed by atoms with Crippen LogP contribution in [-0.4, -0.2) is 13.2 Å². The number of unbranched alkanes of at least 4 members (excludes halogenated alkanes) is 2. The van der Waals surface area contributed by atoms with Crippen LogP contribution in [0.5, 0.6) is 11.5 Å². The minimum absolute atomic E-state index is 0.0477. The number of ether oxygens (including phenoxy) is 3. The molecule has 0 aromatic heterocycles. The number of rotatable bonds is 10. The van der Waals surface area contributed by atoms with E-state index in [0.717, 1.165) is 18.6 Å². The molecule has 0 bridgehead atoms. The summed E-state index contributed by atoms with van der Waals surface area (Å²) in [6.07, 6.45) is 7.47. The van der Waals surface area contributed by atoms with Gasteiger partial charge in [-0.2, -0.15) is 4.39 Å². The van der Waals surface area contributed by atoms with Crippen molar-refractivity contribution in [2.45, 2.75) is 65.1 Å². The van der Waals surface area contributed by atoms with Crippen molar-refractivity contribution in [1.29, 1.82) is 0 Å². The molecule has 2 atom stereocenters. The van der Waals surface area contributed by atoms with Gasteiger partial charge in [-0.15, -0.1) is 0 Å². The van der Waals surface area contributed by atoms with E-state index in [0.29, 0.717) is 11.7 Å². The first-order valence-corrected chi connectivity index (χ1v) is 11.1. The zero-order valence-electron chi connectivity index (χ0n) is 18.0. The van der Waals surface area contributed by atoms with Crippen molar-refractivity contribution in [2.24, 2.45) is 5.92 Å². The Hall–Kier alpha value is -2.14. The Morgan fingerprint density at radius 1 is 0.933 bits per heavy atom. The maximum Gasteiger partial charge on any atom is 0.201 e. The van der Waals surface area contributed by atoms with Gasteiger partial charge in [-0.25, -0.2) is 4.39 Å². The van der Waals surface area contributed by atoms with Crippen LogP contribution in [0.25, 0.3) is 0 Å². The summed E-state index contributed by atoms with van der Waals surface area (Å²) in [6, 6.07) is 10.6. The van der Waals surface area contributed by atoms with E-state index in [1.807, 2.05) is 24.3 Å². The fourth-order valence-electron chi connectivity index (χ4n) is 3.87. The average molecular weight is 419 g/mol. The normalized spacial score (nSPS) is 18.9. The van der Waals surface area contributed by atoms with Gasteiger partial charge < -0.3 is 14.2 Å². The molecule has 0 radical (unpaired) electrons. The van der Waals surface area contributed by atoms with Crippen LogP contribution >= 0.6 is 0 Å². The van der Waals surface area contributed by atoms with Crippen LogP contribution in [0.2, 0.25) is 0 Å². The van der Waals surface area contributed by atoms with E-state index < -0.39 is 11.6 Å².